The van der Waals surface area contributed by atoms with Crippen LogP contribution in [0.1, 0.15) is 24.6 Å². The molecule has 1 aliphatic rings. The first kappa shape index (κ1) is 18.0. The highest BCUT2D eigenvalue weighted by Gasteiger charge is 2.26. The van der Waals surface area contributed by atoms with E-state index < -0.39 is 5.82 Å². The average Bonchev–Trinajstić information content (AvgIpc) is 3.11. The Morgan fingerprint density at radius 3 is 2.78 bits per heavy atom. The fourth-order valence-corrected chi connectivity index (χ4v) is 3.72. The van der Waals surface area contributed by atoms with Crippen LogP contribution in [0.2, 0.25) is 0 Å². The Hall–Kier alpha value is -2.41. The number of amides is 1. The van der Waals surface area contributed by atoms with Crippen molar-refractivity contribution in [2.75, 3.05) is 19.7 Å². The number of hydrogen-bond acceptors (Lipinski definition) is 3. The number of ether oxygens (including phenoxy) is 1. The van der Waals surface area contributed by atoms with Gasteiger partial charge in [-0.3, -0.25) is 4.79 Å². The van der Waals surface area contributed by atoms with Crippen molar-refractivity contribution < 1.29 is 13.9 Å². The largest absolute Gasteiger partial charge is 0.481 e. The normalized spacial score (nSPS) is 15.3. The van der Waals surface area contributed by atoms with Gasteiger partial charge in [-0.25, -0.2) is 9.37 Å². The average molecular weight is 432 g/mol. The molecule has 7 heteroatoms. The molecule has 0 bridgehead atoms. The zero-order valence-corrected chi connectivity index (χ0v) is 16.2. The number of likely N-dealkylation sites (tertiary alicyclic amines) is 1. The summed E-state index contributed by atoms with van der Waals surface area (Å²) in [6, 6.07) is 12.5. The van der Waals surface area contributed by atoms with Gasteiger partial charge in [0.15, 0.2) is 18.2 Å². The first-order valence-corrected chi connectivity index (χ1v) is 9.70. The highest BCUT2D eigenvalue weighted by molar-refractivity contribution is 9.10. The highest BCUT2D eigenvalue weighted by atomic mass is 79.9. The van der Waals surface area contributed by atoms with Crippen molar-refractivity contribution >= 4 is 32.9 Å². The molecule has 1 aliphatic heterocycles. The summed E-state index contributed by atoms with van der Waals surface area (Å²) >= 11 is 3.20. The van der Waals surface area contributed by atoms with Gasteiger partial charge < -0.3 is 14.6 Å². The number of piperidine rings is 1. The number of benzene rings is 2. The number of carbonyl (C=O) groups excluding carboxylic acids is 1. The van der Waals surface area contributed by atoms with E-state index in [1.54, 1.807) is 11.0 Å². The van der Waals surface area contributed by atoms with Crippen LogP contribution in [0.25, 0.3) is 11.0 Å². The van der Waals surface area contributed by atoms with Crippen LogP contribution in [0.3, 0.4) is 0 Å². The quantitative estimate of drug-likeness (QED) is 0.671. The number of nitrogens with zero attached hydrogens (tertiary/aromatic N) is 2. The summed E-state index contributed by atoms with van der Waals surface area (Å²) in [5, 5.41) is 0. The summed E-state index contributed by atoms with van der Waals surface area (Å²) < 4.78 is 19.8. The summed E-state index contributed by atoms with van der Waals surface area (Å²) in [6.07, 6.45) is 1.69. The Labute approximate surface area is 164 Å². The zero-order chi connectivity index (χ0) is 18.8. The Morgan fingerprint density at radius 2 is 2.04 bits per heavy atom. The maximum Gasteiger partial charge on any atom is 0.260 e. The minimum absolute atomic E-state index is 0.0868. The van der Waals surface area contributed by atoms with Gasteiger partial charge in [0, 0.05) is 23.5 Å². The second-order valence-electron chi connectivity index (χ2n) is 6.66. The zero-order valence-electron chi connectivity index (χ0n) is 14.6. The van der Waals surface area contributed by atoms with Crippen molar-refractivity contribution in [2.45, 2.75) is 18.8 Å². The molecule has 5 nitrogen and oxygen atoms in total. The number of fused-ring (bicyclic) bond motifs is 1. The van der Waals surface area contributed by atoms with E-state index >= 15 is 0 Å². The van der Waals surface area contributed by atoms with Crippen LogP contribution in [-0.2, 0) is 4.79 Å². The summed E-state index contributed by atoms with van der Waals surface area (Å²) in [4.78, 5) is 22.2. The van der Waals surface area contributed by atoms with Gasteiger partial charge in [-0.15, -0.1) is 0 Å². The van der Waals surface area contributed by atoms with E-state index in [2.05, 4.69) is 25.9 Å². The molecule has 3 aromatic rings. The molecule has 0 radical (unpaired) electrons. The minimum atomic E-state index is -0.485. The lowest BCUT2D eigenvalue weighted by Crippen LogP contribution is -2.40. The molecule has 1 amide bonds. The number of rotatable bonds is 4. The summed E-state index contributed by atoms with van der Waals surface area (Å²) in [5.74, 6) is 0.771. The lowest BCUT2D eigenvalue weighted by molar-refractivity contribution is -0.134. The number of halogens is 2. The third-order valence-corrected chi connectivity index (χ3v) is 5.38. The van der Waals surface area contributed by atoms with Crippen LogP contribution < -0.4 is 4.74 Å². The van der Waals surface area contributed by atoms with Crippen molar-refractivity contribution in [1.29, 1.82) is 0 Å². The SMILES string of the molecule is O=C(COc1ccc(Br)cc1F)N1CCC(c2nc3ccccc3[nH]2)CC1. The molecular weight excluding hydrogens is 413 g/mol. The predicted octanol–water partition coefficient (Wildman–Crippen LogP) is 4.25. The van der Waals surface area contributed by atoms with E-state index in [0.717, 1.165) is 29.7 Å². The molecule has 0 saturated carbocycles. The Kier molecular flexibility index (Phi) is 5.11. The molecule has 1 N–H and O–H groups in total. The van der Waals surface area contributed by atoms with E-state index in [4.69, 9.17) is 4.74 Å². The van der Waals surface area contributed by atoms with E-state index in [0.29, 0.717) is 23.5 Å². The minimum Gasteiger partial charge on any atom is -0.481 e. The van der Waals surface area contributed by atoms with Crippen LogP contribution in [0, 0.1) is 5.82 Å². The van der Waals surface area contributed by atoms with Crippen molar-refractivity contribution in [2.24, 2.45) is 0 Å². The van der Waals surface area contributed by atoms with Gasteiger partial charge in [-0.05, 0) is 43.2 Å². The Balaban J connectivity index is 1.32. The summed E-state index contributed by atoms with van der Waals surface area (Å²) in [5.41, 5.74) is 2.01. The number of carbonyl (C=O) groups is 1. The molecule has 2 heterocycles. The number of imidazole rings is 1. The molecule has 27 heavy (non-hydrogen) atoms. The topological polar surface area (TPSA) is 58.2 Å². The van der Waals surface area contributed by atoms with Gasteiger partial charge in [-0.2, -0.15) is 0 Å². The molecule has 0 atom stereocenters. The van der Waals surface area contributed by atoms with Gasteiger partial charge in [0.1, 0.15) is 5.82 Å². The predicted molar refractivity (Wildman–Crippen MR) is 104 cm³/mol. The number of aromatic nitrogens is 2. The molecule has 0 spiro atoms. The molecule has 140 valence electrons. The van der Waals surface area contributed by atoms with E-state index in [1.165, 1.54) is 12.1 Å². The van der Waals surface area contributed by atoms with Gasteiger partial charge in [0.25, 0.3) is 5.91 Å². The van der Waals surface area contributed by atoms with Crippen LogP contribution in [0.4, 0.5) is 4.39 Å². The molecule has 4 rings (SSSR count). The van der Waals surface area contributed by atoms with Gasteiger partial charge in [0.2, 0.25) is 0 Å². The number of para-hydroxylation sites is 2. The first-order valence-electron chi connectivity index (χ1n) is 8.90. The number of aromatic amines is 1. The van der Waals surface area contributed by atoms with Crippen molar-refractivity contribution in [3.8, 4) is 5.75 Å². The molecular formula is C20H19BrFN3O2. The number of hydrogen-bond donors (Lipinski definition) is 1. The van der Waals surface area contributed by atoms with E-state index in [1.807, 2.05) is 24.3 Å². The standard InChI is InChI=1S/C20H19BrFN3O2/c21-14-5-6-18(15(22)11-14)27-12-19(26)25-9-7-13(8-10-25)20-23-16-3-1-2-4-17(16)24-20/h1-6,11,13H,7-10,12H2,(H,23,24). The fraction of sp³-hybridized carbons (Fsp3) is 0.300. The third-order valence-electron chi connectivity index (χ3n) is 4.89. The smallest absolute Gasteiger partial charge is 0.260 e. The van der Waals surface area contributed by atoms with Gasteiger partial charge in [0.05, 0.1) is 11.0 Å². The van der Waals surface area contributed by atoms with E-state index in [9.17, 15) is 9.18 Å². The summed E-state index contributed by atoms with van der Waals surface area (Å²) in [7, 11) is 0. The fourth-order valence-electron chi connectivity index (χ4n) is 3.39. The van der Waals surface area contributed by atoms with Crippen molar-refractivity contribution in [1.82, 2.24) is 14.9 Å². The molecule has 2 aromatic carbocycles. The molecule has 1 saturated heterocycles. The third kappa shape index (κ3) is 3.98. The Bertz CT molecular complexity index is 934. The van der Waals surface area contributed by atoms with Crippen LogP contribution >= 0.6 is 15.9 Å². The summed E-state index contributed by atoms with van der Waals surface area (Å²) in [6.45, 7) is 1.13. The van der Waals surface area contributed by atoms with Crippen LogP contribution in [-0.4, -0.2) is 40.5 Å². The molecule has 1 aromatic heterocycles. The second kappa shape index (κ2) is 7.68. The van der Waals surface area contributed by atoms with Crippen molar-refractivity contribution in [3.63, 3.8) is 0 Å². The maximum atomic E-state index is 13.8. The highest BCUT2D eigenvalue weighted by Crippen LogP contribution is 2.28. The first-order chi connectivity index (χ1) is 13.1. The number of H-pyrrole nitrogens is 1. The van der Waals surface area contributed by atoms with Gasteiger partial charge >= 0.3 is 0 Å². The van der Waals surface area contributed by atoms with Crippen LogP contribution in [0.15, 0.2) is 46.9 Å². The lowest BCUT2D eigenvalue weighted by Gasteiger charge is -2.31. The maximum absolute atomic E-state index is 13.8. The van der Waals surface area contributed by atoms with Crippen molar-refractivity contribution in [3.05, 3.63) is 58.6 Å². The van der Waals surface area contributed by atoms with Crippen LogP contribution in [0.5, 0.6) is 5.75 Å². The molecule has 0 unspecified atom stereocenters. The number of nitrogens with one attached hydrogen (secondary N) is 1. The molecule has 1 fully saturated rings. The monoisotopic (exact) mass is 431 g/mol. The molecule has 0 aliphatic carbocycles. The van der Waals surface area contributed by atoms with E-state index in [-0.39, 0.29) is 18.3 Å². The second-order valence-corrected chi connectivity index (χ2v) is 7.57. The Morgan fingerprint density at radius 1 is 1.26 bits per heavy atom. The van der Waals surface area contributed by atoms with Gasteiger partial charge in [-0.1, -0.05) is 28.1 Å². The lowest BCUT2D eigenvalue weighted by atomic mass is 9.96.